The van der Waals surface area contributed by atoms with Crippen molar-refractivity contribution in [3.8, 4) is 0 Å². The molecule has 0 saturated carbocycles. The van der Waals surface area contributed by atoms with Gasteiger partial charge in [-0.05, 0) is 41.0 Å². The van der Waals surface area contributed by atoms with Crippen molar-refractivity contribution < 1.29 is 9.59 Å². The van der Waals surface area contributed by atoms with Crippen LogP contribution in [0.5, 0.6) is 0 Å². The Hall–Kier alpha value is -2.62. The highest BCUT2D eigenvalue weighted by molar-refractivity contribution is 6.17. The van der Waals surface area contributed by atoms with E-state index in [-0.39, 0.29) is 11.7 Å². The minimum Gasteiger partial charge on any atom is -0.322 e. The highest BCUT2D eigenvalue weighted by Gasteiger charge is 2.09. The molecule has 3 aromatic rings. The van der Waals surface area contributed by atoms with Crippen LogP contribution in [0.15, 0.2) is 72.8 Å². The van der Waals surface area contributed by atoms with E-state index in [2.05, 4.69) is 5.32 Å². The fourth-order valence-corrected chi connectivity index (χ4v) is 3.08. The van der Waals surface area contributed by atoms with Crippen molar-refractivity contribution in [3.05, 3.63) is 101 Å². The highest BCUT2D eigenvalue weighted by Crippen LogP contribution is 2.15. The molecule has 0 bridgehead atoms. The second kappa shape index (κ2) is 9.54. The maximum atomic E-state index is 12.4. The number of carbonyl (C=O) groups is 2. The van der Waals surface area contributed by atoms with Crippen LogP contribution in [0.3, 0.4) is 0 Å². The minimum absolute atomic E-state index is 0.0392. The lowest BCUT2D eigenvalue weighted by Gasteiger charge is -2.07. The quantitative estimate of drug-likeness (QED) is 0.391. The first-order valence-electron chi connectivity index (χ1n) is 8.82. The maximum Gasteiger partial charge on any atom is 0.255 e. The topological polar surface area (TPSA) is 46.2 Å². The zero-order valence-corrected chi connectivity index (χ0v) is 16.6. The van der Waals surface area contributed by atoms with Crippen LogP contribution in [0.4, 0.5) is 5.69 Å². The van der Waals surface area contributed by atoms with E-state index >= 15 is 0 Å². The van der Waals surface area contributed by atoms with Crippen molar-refractivity contribution in [2.75, 3.05) is 5.32 Å². The van der Waals surface area contributed by atoms with Crippen molar-refractivity contribution in [2.24, 2.45) is 0 Å². The Morgan fingerprint density at radius 3 is 1.61 bits per heavy atom. The number of hydrogen-bond acceptors (Lipinski definition) is 2. The number of Topliss-reactive ketones (excluding diaryl/α,β-unsaturated/α-hetero) is 1. The van der Waals surface area contributed by atoms with Crippen LogP contribution in [0, 0.1) is 0 Å². The summed E-state index contributed by atoms with van der Waals surface area (Å²) in [5.74, 6) is 0.693. The summed E-state index contributed by atoms with van der Waals surface area (Å²) in [7, 11) is 0. The van der Waals surface area contributed by atoms with E-state index in [0.717, 1.165) is 16.7 Å². The van der Waals surface area contributed by atoms with Crippen LogP contribution < -0.4 is 5.32 Å². The summed E-state index contributed by atoms with van der Waals surface area (Å²) in [6.07, 6.45) is 0.300. The Balaban J connectivity index is 1.60. The average molecular weight is 412 g/mol. The molecule has 0 unspecified atom stereocenters. The number of hydrogen-bond donors (Lipinski definition) is 1. The monoisotopic (exact) mass is 411 g/mol. The molecule has 5 heteroatoms. The number of alkyl halides is 2. The van der Waals surface area contributed by atoms with Gasteiger partial charge in [0.25, 0.3) is 5.91 Å². The lowest BCUT2D eigenvalue weighted by atomic mass is 10.0. The second-order valence-corrected chi connectivity index (χ2v) is 6.95. The van der Waals surface area contributed by atoms with Crippen LogP contribution in [0.1, 0.15) is 37.4 Å². The van der Waals surface area contributed by atoms with Gasteiger partial charge in [-0.15, -0.1) is 23.2 Å². The van der Waals surface area contributed by atoms with Gasteiger partial charge in [0, 0.05) is 35.0 Å². The number of ketones is 1. The minimum atomic E-state index is -0.190. The van der Waals surface area contributed by atoms with Crippen molar-refractivity contribution in [1.29, 1.82) is 0 Å². The predicted octanol–water partition coefficient (Wildman–Crippen LogP) is 5.84. The normalized spacial score (nSPS) is 10.5. The first-order valence-corrected chi connectivity index (χ1v) is 9.89. The molecule has 0 aromatic heterocycles. The SMILES string of the molecule is O=C(Cc1ccc(NC(=O)c2ccc(CCl)cc2)cc1)c1ccc(CCl)cc1. The lowest BCUT2D eigenvalue weighted by molar-refractivity contribution is 0.0990. The van der Waals surface area contributed by atoms with Gasteiger partial charge in [0.15, 0.2) is 5.78 Å². The average Bonchev–Trinajstić information content (AvgIpc) is 2.75. The molecule has 3 nitrogen and oxygen atoms in total. The molecule has 1 N–H and O–H groups in total. The summed E-state index contributed by atoms with van der Waals surface area (Å²) in [6.45, 7) is 0. The molecule has 0 heterocycles. The molecule has 0 aliphatic heterocycles. The van der Waals surface area contributed by atoms with E-state index in [1.165, 1.54) is 0 Å². The molecule has 3 aromatic carbocycles. The van der Waals surface area contributed by atoms with Crippen molar-refractivity contribution in [1.82, 2.24) is 0 Å². The zero-order valence-electron chi connectivity index (χ0n) is 15.1. The number of amides is 1. The van der Waals surface area contributed by atoms with Gasteiger partial charge in [0.05, 0.1) is 0 Å². The number of carbonyl (C=O) groups excluding carboxylic acids is 2. The van der Waals surface area contributed by atoms with Gasteiger partial charge in [-0.25, -0.2) is 0 Å². The molecule has 0 atom stereocenters. The molecular weight excluding hydrogens is 393 g/mol. The molecule has 0 saturated heterocycles. The van der Waals surface area contributed by atoms with E-state index in [4.69, 9.17) is 23.2 Å². The highest BCUT2D eigenvalue weighted by atomic mass is 35.5. The molecular formula is C23H19Cl2NO2. The molecule has 0 aliphatic carbocycles. The fourth-order valence-electron chi connectivity index (χ4n) is 2.72. The summed E-state index contributed by atoms with van der Waals surface area (Å²) in [6, 6.07) is 21.7. The molecule has 0 aliphatic rings. The van der Waals surface area contributed by atoms with Crippen molar-refractivity contribution >= 4 is 40.6 Å². The zero-order chi connectivity index (χ0) is 19.9. The smallest absolute Gasteiger partial charge is 0.255 e. The summed E-state index contributed by atoms with van der Waals surface area (Å²) in [5, 5.41) is 2.85. The van der Waals surface area contributed by atoms with Crippen LogP contribution in [-0.2, 0) is 18.2 Å². The number of rotatable bonds is 7. The Kier molecular flexibility index (Phi) is 6.85. The summed E-state index contributed by atoms with van der Waals surface area (Å²) >= 11 is 11.5. The predicted molar refractivity (Wildman–Crippen MR) is 114 cm³/mol. The van der Waals surface area contributed by atoms with Crippen LogP contribution in [0.2, 0.25) is 0 Å². The third-order valence-electron chi connectivity index (χ3n) is 4.38. The third kappa shape index (κ3) is 5.22. The third-order valence-corrected chi connectivity index (χ3v) is 4.99. The Morgan fingerprint density at radius 1 is 0.643 bits per heavy atom. The fraction of sp³-hybridized carbons (Fsp3) is 0.130. The summed E-state index contributed by atoms with van der Waals surface area (Å²) in [5.41, 5.74) is 4.73. The first kappa shape index (κ1) is 20.1. The van der Waals surface area contributed by atoms with E-state index in [0.29, 0.717) is 35.0 Å². The van der Waals surface area contributed by atoms with Gasteiger partial charge in [-0.2, -0.15) is 0 Å². The van der Waals surface area contributed by atoms with Gasteiger partial charge in [0.1, 0.15) is 0 Å². The van der Waals surface area contributed by atoms with Gasteiger partial charge >= 0.3 is 0 Å². The molecule has 1 amide bonds. The number of benzene rings is 3. The Labute approximate surface area is 174 Å². The molecule has 3 rings (SSSR count). The largest absolute Gasteiger partial charge is 0.322 e. The van der Waals surface area contributed by atoms with E-state index in [1.54, 1.807) is 36.4 Å². The lowest BCUT2D eigenvalue weighted by Crippen LogP contribution is -2.12. The molecule has 142 valence electrons. The summed E-state index contributed by atoms with van der Waals surface area (Å²) < 4.78 is 0. The van der Waals surface area contributed by atoms with Crippen LogP contribution >= 0.6 is 23.2 Å². The van der Waals surface area contributed by atoms with E-state index < -0.39 is 0 Å². The Morgan fingerprint density at radius 2 is 1.11 bits per heavy atom. The molecule has 0 radical (unpaired) electrons. The summed E-state index contributed by atoms with van der Waals surface area (Å²) in [4.78, 5) is 24.7. The van der Waals surface area contributed by atoms with Gasteiger partial charge in [-0.3, -0.25) is 9.59 Å². The van der Waals surface area contributed by atoms with Gasteiger partial charge in [-0.1, -0.05) is 48.5 Å². The van der Waals surface area contributed by atoms with Crippen LogP contribution in [0.25, 0.3) is 0 Å². The van der Waals surface area contributed by atoms with Crippen molar-refractivity contribution in [3.63, 3.8) is 0 Å². The number of halogens is 2. The number of anilines is 1. The standard InChI is InChI=1S/C23H19Cl2NO2/c24-14-17-1-7-19(8-2-17)22(27)13-16-5-11-21(12-6-16)26-23(28)20-9-3-18(15-25)4-10-20/h1-12H,13-15H2,(H,26,28). The van der Waals surface area contributed by atoms with Gasteiger partial charge < -0.3 is 5.32 Å². The maximum absolute atomic E-state index is 12.4. The van der Waals surface area contributed by atoms with E-state index in [1.807, 2.05) is 36.4 Å². The van der Waals surface area contributed by atoms with Crippen LogP contribution in [-0.4, -0.2) is 11.7 Å². The van der Waals surface area contributed by atoms with Crippen molar-refractivity contribution in [2.45, 2.75) is 18.2 Å². The molecule has 0 spiro atoms. The molecule has 28 heavy (non-hydrogen) atoms. The second-order valence-electron chi connectivity index (χ2n) is 6.41. The molecule has 0 fully saturated rings. The number of nitrogens with one attached hydrogen (secondary N) is 1. The van der Waals surface area contributed by atoms with E-state index in [9.17, 15) is 9.59 Å². The first-order chi connectivity index (χ1) is 13.6. The Bertz CT molecular complexity index is 869. The van der Waals surface area contributed by atoms with Gasteiger partial charge in [0.2, 0.25) is 0 Å².